The van der Waals surface area contributed by atoms with Crippen LogP contribution in [-0.2, 0) is 22.5 Å². The molecule has 0 aliphatic carbocycles. The van der Waals surface area contributed by atoms with E-state index in [0.717, 1.165) is 39.8 Å². The van der Waals surface area contributed by atoms with Gasteiger partial charge in [-0.3, -0.25) is 4.79 Å². The summed E-state index contributed by atoms with van der Waals surface area (Å²) < 4.78 is 51.5. The second-order valence-electron chi connectivity index (χ2n) is 14.1. The van der Waals surface area contributed by atoms with Crippen molar-refractivity contribution in [2.45, 2.75) is 71.3 Å². The van der Waals surface area contributed by atoms with Gasteiger partial charge in [-0.1, -0.05) is 31.2 Å². The van der Waals surface area contributed by atoms with Crippen LogP contribution in [0.15, 0.2) is 36.4 Å². The molecule has 1 N–H and O–H groups in total. The van der Waals surface area contributed by atoms with Gasteiger partial charge in [-0.2, -0.15) is 23.1 Å². The standard InChI is InChI=1S/C35H43F3N6O5/c1-22-8-7-12-44(33(47)49-34(2,3)4)29(22)21-48-32-39-27-20-43(28-19-24(45)18-23-9-5-6-10-25(23)28)13-11-26(27)30(40-32)41-14-16-42(17-15-41)31(46)35(36,37)38/h5-6,9-10,18-19,22,29,45H,7-8,11-17,20-21H2,1-4H3/t22?,29-/m1/s1. The largest absolute Gasteiger partial charge is 0.508 e. The monoisotopic (exact) mass is 684 g/mol. The Balaban J connectivity index is 1.30. The van der Waals surface area contributed by atoms with Crippen LogP contribution in [0.1, 0.15) is 51.8 Å². The zero-order chi connectivity index (χ0) is 35.1. The molecule has 0 bridgehead atoms. The number of alkyl halides is 3. The maximum Gasteiger partial charge on any atom is 0.471 e. The van der Waals surface area contributed by atoms with Crippen LogP contribution in [0.4, 0.5) is 29.5 Å². The second-order valence-corrected chi connectivity index (χ2v) is 14.1. The highest BCUT2D eigenvalue weighted by molar-refractivity contribution is 5.95. The zero-order valence-corrected chi connectivity index (χ0v) is 28.3. The first kappa shape index (κ1) is 34.4. The van der Waals surface area contributed by atoms with E-state index in [-0.39, 0.29) is 56.5 Å². The van der Waals surface area contributed by atoms with Crippen molar-refractivity contribution in [3.63, 3.8) is 0 Å². The van der Waals surface area contributed by atoms with E-state index in [1.165, 1.54) is 0 Å². The summed E-state index contributed by atoms with van der Waals surface area (Å²) in [5.41, 5.74) is 1.77. The van der Waals surface area contributed by atoms with Crippen molar-refractivity contribution < 1.29 is 37.3 Å². The number of piperidine rings is 1. The van der Waals surface area contributed by atoms with E-state index in [2.05, 4.69) is 11.8 Å². The Hall–Kier alpha value is -4.49. The van der Waals surface area contributed by atoms with Crippen molar-refractivity contribution in [1.82, 2.24) is 19.8 Å². The molecule has 2 amide bonds. The Morgan fingerprint density at radius 2 is 1.71 bits per heavy atom. The average Bonchev–Trinajstić information content (AvgIpc) is 3.05. The van der Waals surface area contributed by atoms with E-state index < -0.39 is 23.8 Å². The molecular weight excluding hydrogens is 641 g/mol. The van der Waals surface area contributed by atoms with Crippen LogP contribution >= 0.6 is 0 Å². The molecule has 2 atom stereocenters. The van der Waals surface area contributed by atoms with Gasteiger partial charge < -0.3 is 34.2 Å². The fraction of sp³-hybridized carbons (Fsp3) is 0.543. The molecule has 2 fully saturated rings. The van der Waals surface area contributed by atoms with Gasteiger partial charge in [0.2, 0.25) is 0 Å². The van der Waals surface area contributed by atoms with Gasteiger partial charge in [0, 0.05) is 62.0 Å². The lowest BCUT2D eigenvalue weighted by atomic mass is 9.91. The number of ether oxygens (including phenoxy) is 2. The molecular formula is C35H43F3N6O5. The van der Waals surface area contributed by atoms with Gasteiger partial charge in [0.25, 0.3) is 0 Å². The molecule has 0 radical (unpaired) electrons. The minimum atomic E-state index is -4.93. The third-order valence-electron chi connectivity index (χ3n) is 9.42. The minimum absolute atomic E-state index is 0.0981. The first-order valence-electron chi connectivity index (χ1n) is 16.8. The number of phenols is 1. The van der Waals surface area contributed by atoms with Gasteiger partial charge in [-0.25, -0.2) is 4.79 Å². The Morgan fingerprint density at radius 1 is 0.980 bits per heavy atom. The lowest BCUT2D eigenvalue weighted by Gasteiger charge is -2.40. The third-order valence-corrected chi connectivity index (χ3v) is 9.42. The summed E-state index contributed by atoms with van der Waals surface area (Å²) in [6.07, 6.45) is -3.03. The number of rotatable bonds is 5. The van der Waals surface area contributed by atoms with E-state index in [4.69, 9.17) is 19.4 Å². The van der Waals surface area contributed by atoms with Crippen LogP contribution in [-0.4, -0.2) is 101 Å². The van der Waals surface area contributed by atoms with Crippen molar-refractivity contribution in [3.05, 3.63) is 47.7 Å². The number of hydrogen-bond donors (Lipinski definition) is 1. The van der Waals surface area contributed by atoms with E-state index in [9.17, 15) is 27.9 Å². The fourth-order valence-corrected chi connectivity index (χ4v) is 6.97. The van der Waals surface area contributed by atoms with E-state index in [1.54, 1.807) is 17.0 Å². The van der Waals surface area contributed by atoms with Crippen molar-refractivity contribution >= 4 is 34.3 Å². The average molecular weight is 685 g/mol. The number of carbonyl (C=O) groups excluding carboxylic acids is 2. The van der Waals surface area contributed by atoms with E-state index >= 15 is 0 Å². The van der Waals surface area contributed by atoms with Crippen molar-refractivity contribution in [3.8, 4) is 11.8 Å². The third kappa shape index (κ3) is 7.57. The van der Waals surface area contributed by atoms with Gasteiger partial charge in [0.05, 0.1) is 18.3 Å². The number of phenolic OH excluding ortho intramolecular Hbond substituents is 1. The second kappa shape index (κ2) is 13.4. The number of likely N-dealkylation sites (tertiary alicyclic amines) is 1. The molecule has 3 aromatic rings. The van der Waals surface area contributed by atoms with Gasteiger partial charge in [-0.15, -0.1) is 0 Å². The number of hydrogen-bond acceptors (Lipinski definition) is 9. The molecule has 0 saturated carbocycles. The first-order valence-corrected chi connectivity index (χ1v) is 16.8. The highest BCUT2D eigenvalue weighted by Gasteiger charge is 2.43. The Labute approximate surface area is 283 Å². The summed E-state index contributed by atoms with van der Waals surface area (Å²) >= 11 is 0. The molecule has 4 heterocycles. The first-order chi connectivity index (χ1) is 23.2. The molecule has 1 unspecified atom stereocenters. The number of fused-ring (bicyclic) bond motifs is 2. The summed E-state index contributed by atoms with van der Waals surface area (Å²) in [6, 6.07) is 11.1. The smallest absolute Gasteiger partial charge is 0.471 e. The number of aromatic hydroxyl groups is 1. The molecule has 0 spiro atoms. The number of halogens is 3. The lowest BCUT2D eigenvalue weighted by Crippen LogP contribution is -2.53. The zero-order valence-electron chi connectivity index (χ0n) is 28.3. The molecule has 14 heteroatoms. The van der Waals surface area contributed by atoms with Crippen LogP contribution in [0.3, 0.4) is 0 Å². The maximum absolute atomic E-state index is 13.2. The molecule has 11 nitrogen and oxygen atoms in total. The number of nitrogens with zero attached hydrogens (tertiary/aromatic N) is 6. The highest BCUT2D eigenvalue weighted by Crippen LogP contribution is 2.37. The van der Waals surface area contributed by atoms with Gasteiger partial charge in [0.1, 0.15) is 23.8 Å². The number of carbonyl (C=O) groups is 2. The number of piperazine rings is 1. The van der Waals surface area contributed by atoms with Crippen molar-refractivity contribution in [1.29, 1.82) is 0 Å². The summed E-state index contributed by atoms with van der Waals surface area (Å²) in [7, 11) is 0. The van der Waals surface area contributed by atoms with Crippen molar-refractivity contribution in [2.75, 3.05) is 55.7 Å². The summed E-state index contributed by atoms with van der Waals surface area (Å²) in [5.74, 6) is -0.993. The normalized spacial score (nSPS) is 20.3. The predicted molar refractivity (Wildman–Crippen MR) is 178 cm³/mol. The molecule has 3 aliphatic rings. The molecule has 264 valence electrons. The lowest BCUT2D eigenvalue weighted by molar-refractivity contribution is -0.185. The fourth-order valence-electron chi connectivity index (χ4n) is 6.97. The predicted octanol–water partition coefficient (Wildman–Crippen LogP) is 5.52. The SMILES string of the molecule is CC1CCCN(C(=O)OC(C)(C)C)[C@@H]1COc1nc2c(c(N3CCN(C(=O)C(F)(F)F)CC3)n1)CCN(c1cc(O)cc3ccccc13)C2. The number of amides is 2. The van der Waals surface area contributed by atoms with E-state index in [0.29, 0.717) is 37.6 Å². The Kier molecular flexibility index (Phi) is 9.42. The van der Waals surface area contributed by atoms with Crippen LogP contribution in [0.5, 0.6) is 11.8 Å². The Bertz CT molecular complexity index is 1710. The van der Waals surface area contributed by atoms with Crippen LogP contribution in [0.25, 0.3) is 10.8 Å². The quantitative estimate of drug-likeness (QED) is 0.371. The van der Waals surface area contributed by atoms with Crippen LogP contribution in [0, 0.1) is 5.92 Å². The number of anilines is 2. The van der Waals surface area contributed by atoms with Gasteiger partial charge in [-0.05, 0) is 57.4 Å². The minimum Gasteiger partial charge on any atom is -0.508 e. The molecule has 2 aromatic carbocycles. The molecule has 2 saturated heterocycles. The number of aromatic nitrogens is 2. The molecule has 6 rings (SSSR count). The van der Waals surface area contributed by atoms with Crippen LogP contribution < -0.4 is 14.5 Å². The highest BCUT2D eigenvalue weighted by atomic mass is 19.4. The van der Waals surface area contributed by atoms with Crippen molar-refractivity contribution in [2.24, 2.45) is 5.92 Å². The summed E-state index contributed by atoms with van der Waals surface area (Å²) in [4.78, 5) is 41.3. The van der Waals surface area contributed by atoms with E-state index in [1.807, 2.05) is 49.9 Å². The summed E-state index contributed by atoms with van der Waals surface area (Å²) in [6.45, 7) is 9.33. The van der Waals surface area contributed by atoms with Gasteiger partial charge in [0.15, 0.2) is 0 Å². The molecule has 49 heavy (non-hydrogen) atoms. The van der Waals surface area contributed by atoms with Gasteiger partial charge >= 0.3 is 24.2 Å². The molecule has 1 aromatic heterocycles. The summed E-state index contributed by atoms with van der Waals surface area (Å²) in [5, 5.41) is 12.4. The van der Waals surface area contributed by atoms with Crippen LogP contribution in [0.2, 0.25) is 0 Å². The topological polar surface area (TPSA) is 112 Å². The number of benzene rings is 2. The maximum atomic E-state index is 13.2. The molecule has 3 aliphatic heterocycles. The Morgan fingerprint density at radius 3 is 2.43 bits per heavy atom.